The van der Waals surface area contributed by atoms with E-state index in [4.69, 9.17) is 0 Å². The highest BCUT2D eigenvalue weighted by molar-refractivity contribution is 5.82. The van der Waals surface area contributed by atoms with Gasteiger partial charge in [0.05, 0.1) is 0 Å². The Morgan fingerprint density at radius 1 is 1.17 bits per heavy atom. The van der Waals surface area contributed by atoms with Crippen molar-refractivity contribution >= 4 is 16.7 Å². The lowest BCUT2D eigenvalue weighted by atomic mass is 9.83. The number of aryl methyl sites for hydroxylation is 2. The highest BCUT2D eigenvalue weighted by Gasteiger charge is 2.20. The molecule has 2 nitrogen and oxygen atoms in total. The number of rotatable bonds is 1. The van der Waals surface area contributed by atoms with Crippen molar-refractivity contribution in [3.8, 4) is 0 Å². The van der Waals surface area contributed by atoms with Crippen LogP contribution in [0.4, 0.5) is 0 Å². The molecule has 18 heavy (non-hydrogen) atoms. The van der Waals surface area contributed by atoms with Crippen molar-refractivity contribution in [2.75, 3.05) is 0 Å². The van der Waals surface area contributed by atoms with E-state index in [1.54, 1.807) is 0 Å². The Morgan fingerprint density at radius 2 is 1.89 bits per heavy atom. The van der Waals surface area contributed by atoms with Crippen LogP contribution in [0.15, 0.2) is 24.3 Å². The van der Waals surface area contributed by atoms with Gasteiger partial charge in [0.25, 0.3) is 0 Å². The van der Waals surface area contributed by atoms with Gasteiger partial charge in [-0.2, -0.15) is 0 Å². The van der Waals surface area contributed by atoms with Crippen LogP contribution in [0.3, 0.4) is 0 Å². The molecule has 1 fully saturated rings. The van der Waals surface area contributed by atoms with Crippen LogP contribution in [-0.2, 0) is 11.8 Å². The lowest BCUT2D eigenvalue weighted by Gasteiger charge is -2.21. The fourth-order valence-corrected chi connectivity index (χ4v) is 3.03. The summed E-state index contributed by atoms with van der Waals surface area (Å²) in [6.07, 6.45) is 3.57. The van der Waals surface area contributed by atoms with Gasteiger partial charge < -0.3 is 4.57 Å². The summed E-state index contributed by atoms with van der Waals surface area (Å²) >= 11 is 0. The third-order valence-electron chi connectivity index (χ3n) is 4.32. The molecule has 1 heterocycles. The largest absolute Gasteiger partial charge is 0.348 e. The van der Waals surface area contributed by atoms with Crippen molar-refractivity contribution < 1.29 is 4.79 Å². The van der Waals surface area contributed by atoms with Crippen molar-refractivity contribution in [1.29, 1.82) is 0 Å². The van der Waals surface area contributed by atoms with Gasteiger partial charge >= 0.3 is 0 Å². The maximum absolute atomic E-state index is 11.3. The van der Waals surface area contributed by atoms with E-state index < -0.39 is 0 Å². The van der Waals surface area contributed by atoms with Gasteiger partial charge in [-0.3, -0.25) is 4.79 Å². The molecular formula is C16H19NO. The normalized spacial score (nSPS) is 17.6. The van der Waals surface area contributed by atoms with E-state index in [0.29, 0.717) is 11.7 Å². The van der Waals surface area contributed by atoms with E-state index in [1.165, 1.54) is 22.2 Å². The van der Waals surface area contributed by atoms with Crippen molar-refractivity contribution in [3.05, 3.63) is 35.5 Å². The molecule has 0 radical (unpaired) electrons. The highest BCUT2D eigenvalue weighted by atomic mass is 16.1. The zero-order valence-electron chi connectivity index (χ0n) is 11.1. The van der Waals surface area contributed by atoms with Gasteiger partial charge in [0.2, 0.25) is 0 Å². The van der Waals surface area contributed by atoms with Gasteiger partial charge in [0, 0.05) is 36.5 Å². The minimum Gasteiger partial charge on any atom is -0.348 e. The fraction of sp³-hybridized carbons (Fsp3) is 0.438. The first-order valence-corrected chi connectivity index (χ1v) is 6.73. The molecule has 1 aromatic heterocycles. The molecule has 94 valence electrons. The van der Waals surface area contributed by atoms with Crippen LogP contribution in [0.1, 0.15) is 42.9 Å². The molecule has 1 aliphatic rings. The number of hydrogen-bond donors (Lipinski definition) is 0. The van der Waals surface area contributed by atoms with Crippen LogP contribution in [0.25, 0.3) is 10.9 Å². The summed E-state index contributed by atoms with van der Waals surface area (Å²) in [6, 6.07) is 9.01. The molecule has 0 aliphatic heterocycles. The summed E-state index contributed by atoms with van der Waals surface area (Å²) in [7, 11) is 2.11. The third-order valence-corrected chi connectivity index (χ3v) is 4.32. The molecule has 1 aromatic carbocycles. The van der Waals surface area contributed by atoms with Crippen molar-refractivity contribution in [2.24, 2.45) is 7.05 Å². The zero-order chi connectivity index (χ0) is 12.7. The highest BCUT2D eigenvalue weighted by Crippen LogP contribution is 2.33. The number of benzene rings is 1. The first-order chi connectivity index (χ1) is 8.65. The number of ketones is 1. The molecule has 2 aromatic rings. The second-order valence-electron chi connectivity index (χ2n) is 5.48. The molecule has 1 aliphatic carbocycles. The standard InChI is InChI=1S/C16H19NO/c1-11-9-14-10-13(5-8-16(14)17(11)2)12-3-6-15(18)7-4-12/h5,8-10,12H,3-4,6-7H2,1-2H3. The average Bonchev–Trinajstić information content (AvgIpc) is 2.65. The lowest BCUT2D eigenvalue weighted by Crippen LogP contribution is -2.12. The second kappa shape index (κ2) is 4.27. The van der Waals surface area contributed by atoms with E-state index in [0.717, 1.165) is 25.7 Å². The molecule has 3 rings (SSSR count). The van der Waals surface area contributed by atoms with E-state index in [2.05, 4.69) is 42.8 Å². The molecule has 0 unspecified atom stereocenters. The Bertz CT molecular complexity index is 599. The van der Waals surface area contributed by atoms with Gasteiger partial charge in [-0.15, -0.1) is 0 Å². The molecule has 2 heteroatoms. The second-order valence-corrected chi connectivity index (χ2v) is 5.48. The quantitative estimate of drug-likeness (QED) is 0.746. The fourth-order valence-electron chi connectivity index (χ4n) is 3.03. The summed E-state index contributed by atoms with van der Waals surface area (Å²) in [4.78, 5) is 11.3. The Morgan fingerprint density at radius 3 is 2.61 bits per heavy atom. The molecule has 0 N–H and O–H groups in total. The number of fused-ring (bicyclic) bond motifs is 1. The molecular weight excluding hydrogens is 222 g/mol. The minimum atomic E-state index is 0.433. The predicted octanol–water partition coefficient (Wildman–Crippen LogP) is 3.71. The van der Waals surface area contributed by atoms with Crippen LogP contribution in [0, 0.1) is 6.92 Å². The van der Waals surface area contributed by atoms with Crippen LogP contribution in [-0.4, -0.2) is 10.4 Å². The maximum Gasteiger partial charge on any atom is 0.132 e. The van der Waals surface area contributed by atoms with Crippen molar-refractivity contribution in [1.82, 2.24) is 4.57 Å². The minimum absolute atomic E-state index is 0.433. The van der Waals surface area contributed by atoms with Gasteiger partial charge in [0.15, 0.2) is 0 Å². The number of carbonyl (C=O) groups excluding carboxylic acids is 1. The van der Waals surface area contributed by atoms with Gasteiger partial charge in [-0.05, 0) is 49.4 Å². The van der Waals surface area contributed by atoms with E-state index >= 15 is 0 Å². The maximum atomic E-state index is 11.3. The van der Waals surface area contributed by atoms with Crippen LogP contribution >= 0.6 is 0 Å². The van der Waals surface area contributed by atoms with Crippen LogP contribution in [0.5, 0.6) is 0 Å². The number of nitrogens with zero attached hydrogens (tertiary/aromatic N) is 1. The molecule has 1 saturated carbocycles. The Kier molecular flexibility index (Phi) is 2.73. The summed E-state index contributed by atoms with van der Waals surface area (Å²) in [6.45, 7) is 2.14. The van der Waals surface area contributed by atoms with Crippen molar-refractivity contribution in [3.63, 3.8) is 0 Å². The number of Topliss-reactive ketones (excluding diaryl/α,β-unsaturated/α-hetero) is 1. The Balaban J connectivity index is 1.96. The molecule has 0 amide bonds. The summed E-state index contributed by atoms with van der Waals surface area (Å²) in [5, 5.41) is 1.32. The summed E-state index contributed by atoms with van der Waals surface area (Å²) in [5.74, 6) is 1.01. The van der Waals surface area contributed by atoms with Crippen LogP contribution in [0.2, 0.25) is 0 Å². The molecule has 0 saturated heterocycles. The van der Waals surface area contributed by atoms with Gasteiger partial charge in [-0.25, -0.2) is 0 Å². The first-order valence-electron chi connectivity index (χ1n) is 6.73. The predicted molar refractivity (Wildman–Crippen MR) is 73.9 cm³/mol. The number of hydrogen-bond acceptors (Lipinski definition) is 1. The Labute approximate surface area is 108 Å². The molecule has 0 spiro atoms. The summed E-state index contributed by atoms with van der Waals surface area (Å²) < 4.78 is 2.23. The monoisotopic (exact) mass is 241 g/mol. The van der Waals surface area contributed by atoms with Gasteiger partial charge in [-0.1, -0.05) is 6.07 Å². The van der Waals surface area contributed by atoms with E-state index in [-0.39, 0.29) is 0 Å². The zero-order valence-corrected chi connectivity index (χ0v) is 11.1. The SMILES string of the molecule is Cc1cc2cc(C3CCC(=O)CC3)ccc2n1C. The topological polar surface area (TPSA) is 22.0 Å². The van der Waals surface area contributed by atoms with Crippen LogP contribution < -0.4 is 0 Å². The molecule has 0 atom stereocenters. The smallest absolute Gasteiger partial charge is 0.132 e. The Hall–Kier alpha value is -1.57. The van der Waals surface area contributed by atoms with Crippen molar-refractivity contribution in [2.45, 2.75) is 38.5 Å². The first kappa shape index (κ1) is 11.5. The lowest BCUT2D eigenvalue weighted by molar-refractivity contribution is -0.120. The van der Waals surface area contributed by atoms with E-state index in [1.807, 2.05) is 0 Å². The molecule has 0 bridgehead atoms. The third kappa shape index (κ3) is 1.86. The van der Waals surface area contributed by atoms with Gasteiger partial charge in [0.1, 0.15) is 5.78 Å². The summed E-state index contributed by atoms with van der Waals surface area (Å²) in [5.41, 5.74) is 3.99. The number of aromatic nitrogens is 1. The van der Waals surface area contributed by atoms with E-state index in [9.17, 15) is 4.79 Å². The average molecular weight is 241 g/mol. The number of carbonyl (C=O) groups is 1.